The third kappa shape index (κ3) is 3.73. The number of H-pyrrole nitrogens is 1. The van der Waals surface area contributed by atoms with Gasteiger partial charge in [0.2, 0.25) is 5.95 Å². The maximum Gasteiger partial charge on any atom is 0.263 e. The lowest BCUT2D eigenvalue weighted by Crippen LogP contribution is -2.36. The molecule has 9 heteroatoms. The van der Waals surface area contributed by atoms with Gasteiger partial charge in [-0.15, -0.1) is 0 Å². The molecule has 32 heavy (non-hydrogen) atoms. The number of aromatic amines is 1. The number of nitrogens with zero attached hydrogens (tertiary/aromatic N) is 5. The number of fused-ring (bicyclic) bond motifs is 1. The smallest absolute Gasteiger partial charge is 0.263 e. The third-order valence-corrected chi connectivity index (χ3v) is 5.58. The Morgan fingerprint density at radius 1 is 1.00 bits per heavy atom. The van der Waals surface area contributed by atoms with Crippen LogP contribution in [-0.4, -0.2) is 56.7 Å². The molecule has 3 heterocycles. The molecule has 0 atom stereocenters. The molecule has 0 saturated carbocycles. The number of nitrogens with one attached hydrogen (secondary N) is 1. The number of anilines is 1. The summed E-state index contributed by atoms with van der Waals surface area (Å²) in [4.78, 5) is 36.7. The number of carbonyl (C=O) groups excluding carboxylic acids is 1. The van der Waals surface area contributed by atoms with Crippen LogP contribution in [0.1, 0.15) is 16.8 Å². The van der Waals surface area contributed by atoms with Gasteiger partial charge < -0.3 is 9.80 Å². The quantitative estimate of drug-likeness (QED) is 0.538. The summed E-state index contributed by atoms with van der Waals surface area (Å²) in [6.45, 7) is 2.10. The molecular weight excluding hydrogens is 411 g/mol. The first kappa shape index (κ1) is 19.9. The van der Waals surface area contributed by atoms with Crippen LogP contribution in [-0.2, 0) is 0 Å². The minimum absolute atomic E-state index is 0.203. The molecule has 162 valence electrons. The maximum absolute atomic E-state index is 13.5. The Bertz CT molecular complexity index is 1330. The second-order valence-electron chi connectivity index (χ2n) is 7.66. The molecular formula is C23H21FN6O2. The second kappa shape index (κ2) is 8.26. The summed E-state index contributed by atoms with van der Waals surface area (Å²) in [5.74, 6) is -0.192. The lowest BCUT2D eigenvalue weighted by atomic mass is 10.2. The van der Waals surface area contributed by atoms with E-state index in [1.165, 1.54) is 24.4 Å². The zero-order valence-electron chi connectivity index (χ0n) is 17.2. The van der Waals surface area contributed by atoms with Gasteiger partial charge in [0.05, 0.1) is 11.9 Å². The van der Waals surface area contributed by atoms with Crippen LogP contribution in [0.25, 0.3) is 16.7 Å². The van der Waals surface area contributed by atoms with Crippen molar-refractivity contribution in [2.45, 2.75) is 6.42 Å². The molecule has 1 aliphatic rings. The predicted octanol–water partition coefficient (Wildman–Crippen LogP) is 2.60. The molecule has 8 nitrogen and oxygen atoms in total. The average molecular weight is 432 g/mol. The molecule has 5 rings (SSSR count). The normalized spacial score (nSPS) is 14.5. The summed E-state index contributed by atoms with van der Waals surface area (Å²) in [7, 11) is 0. The Hall–Kier alpha value is -4.01. The van der Waals surface area contributed by atoms with Crippen LogP contribution in [0, 0.1) is 5.82 Å². The van der Waals surface area contributed by atoms with Crippen LogP contribution in [0.15, 0.2) is 65.6 Å². The van der Waals surface area contributed by atoms with Crippen molar-refractivity contribution >= 4 is 22.9 Å². The van der Waals surface area contributed by atoms with E-state index in [2.05, 4.69) is 10.1 Å². The van der Waals surface area contributed by atoms with Crippen molar-refractivity contribution < 1.29 is 9.18 Å². The van der Waals surface area contributed by atoms with E-state index in [4.69, 9.17) is 4.98 Å². The van der Waals surface area contributed by atoms with Gasteiger partial charge in [0, 0.05) is 31.7 Å². The monoisotopic (exact) mass is 432 g/mol. The van der Waals surface area contributed by atoms with E-state index in [-0.39, 0.29) is 11.5 Å². The zero-order chi connectivity index (χ0) is 22.1. The molecule has 2 aromatic heterocycles. The number of benzene rings is 2. The fraction of sp³-hybridized carbons (Fsp3) is 0.217. The highest BCUT2D eigenvalue weighted by atomic mass is 19.1. The van der Waals surface area contributed by atoms with Crippen LogP contribution < -0.4 is 10.5 Å². The zero-order valence-corrected chi connectivity index (χ0v) is 17.2. The molecule has 0 radical (unpaired) electrons. The van der Waals surface area contributed by atoms with Gasteiger partial charge in [-0.2, -0.15) is 10.1 Å². The van der Waals surface area contributed by atoms with Crippen LogP contribution in [0.2, 0.25) is 0 Å². The molecule has 1 N–H and O–H groups in total. The first-order valence-corrected chi connectivity index (χ1v) is 10.4. The van der Waals surface area contributed by atoms with Crippen LogP contribution >= 0.6 is 0 Å². The lowest BCUT2D eigenvalue weighted by molar-refractivity contribution is 0.0766. The standard InChI is InChI=1S/C23H21FN6O2/c24-17-7-4-6-16(14-17)22(32)28-10-5-11-29(13-12-28)23-26-20-19(21(31)27-23)15-25-30(20)18-8-2-1-3-9-18/h1-4,6-9,14-15H,5,10-13H2,(H,26,27,31). The van der Waals surface area contributed by atoms with Crippen molar-refractivity contribution in [1.29, 1.82) is 0 Å². The number of hydrogen-bond donors (Lipinski definition) is 1. The van der Waals surface area contributed by atoms with E-state index >= 15 is 0 Å². The van der Waals surface area contributed by atoms with E-state index in [1.807, 2.05) is 35.2 Å². The van der Waals surface area contributed by atoms with Crippen LogP contribution in [0.5, 0.6) is 0 Å². The van der Waals surface area contributed by atoms with Crippen molar-refractivity contribution in [3.05, 3.63) is 82.5 Å². The predicted molar refractivity (Wildman–Crippen MR) is 119 cm³/mol. The first-order valence-electron chi connectivity index (χ1n) is 10.4. The highest BCUT2D eigenvalue weighted by Crippen LogP contribution is 2.18. The van der Waals surface area contributed by atoms with E-state index in [1.54, 1.807) is 15.6 Å². The second-order valence-corrected chi connectivity index (χ2v) is 7.66. The minimum atomic E-state index is -0.433. The fourth-order valence-electron chi connectivity index (χ4n) is 3.95. The number of halogens is 1. The molecule has 2 aromatic carbocycles. The topological polar surface area (TPSA) is 87.1 Å². The fourth-order valence-corrected chi connectivity index (χ4v) is 3.95. The first-order chi connectivity index (χ1) is 15.6. The minimum Gasteiger partial charge on any atom is -0.340 e. The van der Waals surface area contributed by atoms with Gasteiger partial charge in [-0.1, -0.05) is 24.3 Å². The molecule has 1 fully saturated rings. The van der Waals surface area contributed by atoms with Crippen molar-refractivity contribution in [3.8, 4) is 5.69 Å². The summed E-state index contributed by atoms with van der Waals surface area (Å²) in [6.07, 6.45) is 2.21. The molecule has 0 unspecified atom stereocenters. The molecule has 4 aromatic rings. The molecule has 0 aliphatic carbocycles. The van der Waals surface area contributed by atoms with Crippen molar-refractivity contribution in [1.82, 2.24) is 24.6 Å². The van der Waals surface area contributed by atoms with Gasteiger partial charge >= 0.3 is 0 Å². The SMILES string of the molecule is O=C(c1cccc(F)c1)N1CCCN(c2nc3c(cnn3-c3ccccc3)c(=O)[nH]2)CC1. The van der Waals surface area contributed by atoms with Gasteiger partial charge in [0.25, 0.3) is 11.5 Å². The Labute approximate surface area is 182 Å². The van der Waals surface area contributed by atoms with E-state index in [0.29, 0.717) is 55.1 Å². The maximum atomic E-state index is 13.5. The van der Waals surface area contributed by atoms with E-state index in [9.17, 15) is 14.0 Å². The van der Waals surface area contributed by atoms with Crippen molar-refractivity contribution in [2.24, 2.45) is 0 Å². The largest absolute Gasteiger partial charge is 0.340 e. The van der Waals surface area contributed by atoms with Gasteiger partial charge in [-0.25, -0.2) is 9.07 Å². The molecule has 1 amide bonds. The van der Waals surface area contributed by atoms with Crippen LogP contribution in [0.3, 0.4) is 0 Å². The molecule has 0 spiro atoms. The summed E-state index contributed by atoms with van der Waals surface area (Å²) in [6, 6.07) is 15.2. The summed E-state index contributed by atoms with van der Waals surface area (Å²) in [5.41, 5.74) is 1.36. The van der Waals surface area contributed by atoms with Gasteiger partial charge in [-0.05, 0) is 36.8 Å². The number of aromatic nitrogens is 4. The van der Waals surface area contributed by atoms with Crippen molar-refractivity contribution in [3.63, 3.8) is 0 Å². The summed E-state index contributed by atoms with van der Waals surface area (Å²) < 4.78 is 15.2. The lowest BCUT2D eigenvalue weighted by Gasteiger charge is -2.22. The number of para-hydroxylation sites is 1. The van der Waals surface area contributed by atoms with Gasteiger partial charge in [-0.3, -0.25) is 14.6 Å². The number of carbonyl (C=O) groups is 1. The Balaban J connectivity index is 1.41. The molecule has 1 aliphatic heterocycles. The average Bonchev–Trinajstić information content (AvgIpc) is 3.09. The Kier molecular flexibility index (Phi) is 5.14. The molecule has 1 saturated heterocycles. The van der Waals surface area contributed by atoms with Crippen LogP contribution in [0.4, 0.5) is 10.3 Å². The number of hydrogen-bond acceptors (Lipinski definition) is 5. The van der Waals surface area contributed by atoms with Crippen molar-refractivity contribution in [2.75, 3.05) is 31.1 Å². The molecule has 0 bridgehead atoms. The summed E-state index contributed by atoms with van der Waals surface area (Å²) in [5, 5.41) is 4.75. The highest BCUT2D eigenvalue weighted by molar-refractivity contribution is 5.94. The van der Waals surface area contributed by atoms with Gasteiger partial charge in [0.15, 0.2) is 5.65 Å². The summed E-state index contributed by atoms with van der Waals surface area (Å²) >= 11 is 0. The highest BCUT2D eigenvalue weighted by Gasteiger charge is 2.23. The number of rotatable bonds is 3. The Morgan fingerprint density at radius 3 is 2.66 bits per heavy atom. The van der Waals surface area contributed by atoms with E-state index in [0.717, 1.165) is 5.69 Å². The van der Waals surface area contributed by atoms with Gasteiger partial charge in [0.1, 0.15) is 11.2 Å². The number of amides is 1. The van der Waals surface area contributed by atoms with E-state index < -0.39 is 5.82 Å². The third-order valence-electron chi connectivity index (χ3n) is 5.58. The Morgan fingerprint density at radius 2 is 1.84 bits per heavy atom.